The number of methoxy groups -OCH3 is 1. The molecule has 1 atom stereocenters. The highest BCUT2D eigenvalue weighted by Crippen LogP contribution is 2.54. The second-order valence-corrected chi connectivity index (χ2v) is 13.6. The van der Waals surface area contributed by atoms with Gasteiger partial charge in [-0.05, 0) is 79.3 Å². The third-order valence-corrected chi connectivity index (χ3v) is 9.90. The van der Waals surface area contributed by atoms with Gasteiger partial charge in [0.1, 0.15) is 18.5 Å². The molecular formula is C32H44F2N6O4S. The molecule has 1 aromatic carbocycles. The Bertz CT molecular complexity index is 1360. The van der Waals surface area contributed by atoms with Crippen LogP contribution in [0.4, 0.5) is 26.1 Å². The molecule has 2 saturated heterocycles. The summed E-state index contributed by atoms with van der Waals surface area (Å²) in [5.41, 5.74) is 7.70. The maximum absolute atomic E-state index is 13.8. The van der Waals surface area contributed by atoms with E-state index >= 15 is 0 Å². The van der Waals surface area contributed by atoms with E-state index in [0.29, 0.717) is 34.9 Å². The monoisotopic (exact) mass is 646 g/mol. The molecule has 3 heterocycles. The van der Waals surface area contributed by atoms with Gasteiger partial charge in [0.15, 0.2) is 11.6 Å². The summed E-state index contributed by atoms with van der Waals surface area (Å²) in [4.78, 5) is 35.3. The smallest absolute Gasteiger partial charge is 0.323 e. The van der Waals surface area contributed by atoms with E-state index in [4.69, 9.17) is 15.2 Å². The van der Waals surface area contributed by atoms with Gasteiger partial charge in [-0.25, -0.2) is 13.8 Å². The van der Waals surface area contributed by atoms with Crippen molar-refractivity contribution in [3.63, 3.8) is 0 Å². The molecule has 2 aliphatic heterocycles. The van der Waals surface area contributed by atoms with Crippen molar-refractivity contribution in [2.45, 2.75) is 69.2 Å². The number of hydrogen-bond donors (Lipinski definition) is 3. The summed E-state index contributed by atoms with van der Waals surface area (Å²) < 4.78 is 41.6. The number of halogens is 2. The summed E-state index contributed by atoms with van der Waals surface area (Å²) in [6.45, 7) is 6.43. The number of aromatic nitrogens is 1. The average Bonchev–Trinajstić information content (AvgIpc) is 3.78. The number of amides is 1. The van der Waals surface area contributed by atoms with E-state index in [0.717, 1.165) is 36.5 Å². The molecular weight excluding hydrogens is 602 g/mol. The molecule has 1 spiro atoms. The molecule has 0 radical (unpaired) electrons. The highest BCUT2D eigenvalue weighted by molar-refractivity contribution is 7.97. The van der Waals surface area contributed by atoms with Crippen molar-refractivity contribution in [2.24, 2.45) is 17.1 Å². The van der Waals surface area contributed by atoms with Gasteiger partial charge in [-0.15, -0.1) is 0 Å². The van der Waals surface area contributed by atoms with Crippen molar-refractivity contribution in [1.82, 2.24) is 9.71 Å². The minimum Gasteiger partial charge on any atom is -0.493 e. The number of carbonyl (C=O) groups is 2. The normalized spacial score (nSPS) is 19.4. The van der Waals surface area contributed by atoms with Crippen LogP contribution >= 0.6 is 11.9 Å². The van der Waals surface area contributed by atoms with Crippen LogP contribution in [0.3, 0.4) is 0 Å². The van der Waals surface area contributed by atoms with Crippen LogP contribution in [0.15, 0.2) is 35.2 Å². The molecule has 4 N–H and O–H groups in total. The summed E-state index contributed by atoms with van der Waals surface area (Å²) in [6.07, 6.45) is 4.25. The number of esters is 1. The predicted octanol–water partition coefficient (Wildman–Crippen LogP) is 5.08. The lowest BCUT2D eigenvalue weighted by molar-refractivity contribution is -0.146. The number of pyridine rings is 1. The first-order chi connectivity index (χ1) is 21.5. The Morgan fingerprint density at radius 1 is 1.02 bits per heavy atom. The third-order valence-electron chi connectivity index (χ3n) is 9.06. The second-order valence-electron chi connectivity index (χ2n) is 12.6. The maximum Gasteiger partial charge on any atom is 0.323 e. The van der Waals surface area contributed by atoms with Gasteiger partial charge in [0.05, 0.1) is 18.4 Å². The van der Waals surface area contributed by atoms with Crippen LogP contribution in [0.2, 0.25) is 0 Å². The van der Waals surface area contributed by atoms with Crippen LogP contribution in [-0.2, 0) is 9.53 Å². The Balaban J connectivity index is 1.27. The molecule has 1 amide bonds. The van der Waals surface area contributed by atoms with E-state index in [1.54, 1.807) is 17.0 Å². The molecule has 3 fully saturated rings. The number of nitrogens with zero attached hydrogens (tertiary/aromatic N) is 3. The quantitative estimate of drug-likeness (QED) is 0.164. The van der Waals surface area contributed by atoms with Gasteiger partial charge < -0.3 is 30.3 Å². The molecule has 1 aromatic heterocycles. The summed E-state index contributed by atoms with van der Waals surface area (Å²) in [7, 11) is 1.51. The van der Waals surface area contributed by atoms with Crippen LogP contribution in [0, 0.1) is 11.3 Å². The van der Waals surface area contributed by atoms with Crippen molar-refractivity contribution in [3.8, 4) is 5.75 Å². The Kier molecular flexibility index (Phi) is 10.4. The zero-order valence-corrected chi connectivity index (χ0v) is 27.1. The lowest BCUT2D eigenvalue weighted by Crippen LogP contribution is -2.40. The first kappa shape index (κ1) is 33.2. The summed E-state index contributed by atoms with van der Waals surface area (Å²) >= 11 is 1.41. The number of carbonyl (C=O) groups excluding carboxylic acids is 2. The first-order valence-corrected chi connectivity index (χ1v) is 16.5. The van der Waals surface area contributed by atoms with Crippen LogP contribution in [0.1, 0.15) is 62.7 Å². The molecule has 45 heavy (non-hydrogen) atoms. The van der Waals surface area contributed by atoms with Gasteiger partial charge in [-0.3, -0.25) is 14.3 Å². The summed E-state index contributed by atoms with van der Waals surface area (Å²) in [5, 5.41) is 2.93. The molecule has 1 saturated carbocycles. The van der Waals surface area contributed by atoms with E-state index in [-0.39, 0.29) is 44.4 Å². The molecule has 246 valence electrons. The third kappa shape index (κ3) is 8.36. The van der Waals surface area contributed by atoms with Crippen LogP contribution in [-0.4, -0.2) is 75.3 Å². The predicted molar refractivity (Wildman–Crippen MR) is 172 cm³/mol. The molecule has 0 bridgehead atoms. The Labute approximate surface area is 267 Å². The van der Waals surface area contributed by atoms with Gasteiger partial charge in [0.25, 0.3) is 11.8 Å². The van der Waals surface area contributed by atoms with E-state index in [2.05, 4.69) is 19.9 Å². The Morgan fingerprint density at radius 2 is 1.71 bits per heavy atom. The number of alkyl halides is 2. The Hall–Kier alpha value is -3.16. The number of rotatable bonds is 12. The summed E-state index contributed by atoms with van der Waals surface area (Å²) in [6, 6.07) is 8.42. The number of nitrogens with two attached hydrogens (primary N) is 1. The van der Waals surface area contributed by atoms with Crippen molar-refractivity contribution < 1.29 is 27.8 Å². The average molecular weight is 647 g/mol. The van der Waals surface area contributed by atoms with E-state index in [1.807, 2.05) is 32.0 Å². The minimum absolute atomic E-state index is 0.00614. The van der Waals surface area contributed by atoms with Crippen molar-refractivity contribution in [1.29, 1.82) is 0 Å². The number of nitrogens with one attached hydrogen (secondary N) is 2. The SMILES string of the molecule is COc1ccc(NC(=O)c2ccc(SNCCOC(=O)[C@H](N)C(C)C)cc2N2CCC3(CC2)CC3)nc1N1CCC(F)(F)CC1. The molecule has 1 aliphatic carbocycles. The van der Waals surface area contributed by atoms with E-state index < -0.39 is 17.9 Å². The zero-order chi connectivity index (χ0) is 32.2. The molecule has 10 nitrogen and oxygen atoms in total. The van der Waals surface area contributed by atoms with Gasteiger partial charge in [0, 0.05) is 50.5 Å². The van der Waals surface area contributed by atoms with Crippen LogP contribution in [0.5, 0.6) is 5.75 Å². The van der Waals surface area contributed by atoms with Crippen molar-refractivity contribution in [3.05, 3.63) is 35.9 Å². The second kappa shape index (κ2) is 14.1. The number of hydrogen-bond acceptors (Lipinski definition) is 10. The highest BCUT2D eigenvalue weighted by atomic mass is 32.2. The fraction of sp³-hybridized carbons (Fsp3) is 0.594. The minimum atomic E-state index is -2.69. The number of ether oxygens (including phenoxy) is 2. The fourth-order valence-corrected chi connectivity index (χ4v) is 6.40. The summed E-state index contributed by atoms with van der Waals surface area (Å²) in [5.74, 6) is -2.17. The molecule has 13 heteroatoms. The molecule has 3 aliphatic rings. The highest BCUT2D eigenvalue weighted by Gasteiger charge is 2.44. The molecule has 2 aromatic rings. The fourth-order valence-electron chi connectivity index (χ4n) is 5.74. The standard InChI is InChI=1S/C32H44F2N6O4S/c1-21(2)27(35)30(42)44-19-14-36-45-22-4-5-23(24(20-22)39-15-10-31(8-9-31)11-16-39)29(41)38-26-7-6-25(43-3)28(37-26)40-17-12-32(33,34)13-18-40/h4-7,20-21,27,36H,8-19,35H2,1-3H3,(H,37,38,41)/t27-/m1/s1. The first-order valence-electron chi connectivity index (χ1n) is 15.7. The Morgan fingerprint density at radius 3 is 2.36 bits per heavy atom. The van der Waals surface area contributed by atoms with Gasteiger partial charge in [-0.1, -0.05) is 13.8 Å². The van der Waals surface area contributed by atoms with Crippen molar-refractivity contribution >= 4 is 41.1 Å². The number of piperidine rings is 2. The lowest BCUT2D eigenvalue weighted by Gasteiger charge is -2.35. The van der Waals surface area contributed by atoms with E-state index in [1.165, 1.54) is 31.9 Å². The van der Waals surface area contributed by atoms with Crippen molar-refractivity contribution in [2.75, 3.05) is 61.6 Å². The van der Waals surface area contributed by atoms with Crippen LogP contribution in [0.25, 0.3) is 0 Å². The topological polar surface area (TPSA) is 122 Å². The van der Waals surface area contributed by atoms with E-state index in [9.17, 15) is 18.4 Å². The van der Waals surface area contributed by atoms with Gasteiger partial charge >= 0.3 is 5.97 Å². The zero-order valence-electron chi connectivity index (χ0n) is 26.2. The molecule has 5 rings (SSSR count). The number of anilines is 3. The number of benzene rings is 1. The van der Waals surface area contributed by atoms with Gasteiger partial charge in [-0.2, -0.15) is 0 Å². The van der Waals surface area contributed by atoms with Gasteiger partial charge in [0.2, 0.25) is 0 Å². The molecule has 0 unspecified atom stereocenters. The maximum atomic E-state index is 13.8. The lowest BCUT2D eigenvalue weighted by atomic mass is 9.93. The van der Waals surface area contributed by atoms with Crippen LogP contribution < -0.4 is 30.3 Å². The largest absolute Gasteiger partial charge is 0.493 e.